The normalized spacial score (nSPS) is 13.2. The van der Waals surface area contributed by atoms with Crippen molar-refractivity contribution in [1.82, 2.24) is 10.6 Å². The lowest BCUT2D eigenvalue weighted by atomic mass is 10.1. The average molecular weight is 458 g/mol. The Balaban J connectivity index is 1.77. The van der Waals surface area contributed by atoms with Crippen LogP contribution in [-0.2, 0) is 14.4 Å². The van der Waals surface area contributed by atoms with Crippen molar-refractivity contribution in [2.75, 3.05) is 19.0 Å². The molecular formula is C22H20ClN3O6. The minimum absolute atomic E-state index is 0.100. The summed E-state index contributed by atoms with van der Waals surface area (Å²) >= 11 is 6.30. The molecule has 166 valence electrons. The Morgan fingerprint density at radius 3 is 2.47 bits per heavy atom. The number of urea groups is 1. The van der Waals surface area contributed by atoms with Gasteiger partial charge in [-0.05, 0) is 54.8 Å². The third-order valence-corrected chi connectivity index (χ3v) is 5.01. The van der Waals surface area contributed by atoms with Crippen molar-refractivity contribution in [3.05, 3.63) is 57.6 Å². The van der Waals surface area contributed by atoms with E-state index in [1.165, 1.54) is 25.3 Å². The minimum atomic E-state index is -0.893. The molecule has 0 aliphatic carbocycles. The van der Waals surface area contributed by atoms with Gasteiger partial charge in [-0.15, -0.1) is 0 Å². The van der Waals surface area contributed by atoms with E-state index in [0.29, 0.717) is 11.3 Å². The maximum atomic E-state index is 12.3. The number of halogens is 1. The summed E-state index contributed by atoms with van der Waals surface area (Å²) in [4.78, 5) is 47.3. The molecule has 1 heterocycles. The van der Waals surface area contributed by atoms with Gasteiger partial charge in [-0.2, -0.15) is 0 Å². The number of ether oxygens (including phenoxy) is 2. The predicted octanol–water partition coefficient (Wildman–Crippen LogP) is 2.73. The lowest BCUT2D eigenvalue weighted by Crippen LogP contribution is -2.51. The van der Waals surface area contributed by atoms with Crippen molar-refractivity contribution in [2.24, 2.45) is 0 Å². The lowest BCUT2D eigenvalue weighted by molar-refractivity contribution is -0.124. The van der Waals surface area contributed by atoms with Crippen LogP contribution in [0.2, 0.25) is 5.02 Å². The first-order valence-corrected chi connectivity index (χ1v) is 9.82. The summed E-state index contributed by atoms with van der Waals surface area (Å²) in [5.74, 6) is -1.74. The Morgan fingerprint density at radius 1 is 1.12 bits per heavy atom. The molecule has 1 aliphatic heterocycles. The van der Waals surface area contributed by atoms with Crippen LogP contribution in [0.15, 0.2) is 35.9 Å². The van der Waals surface area contributed by atoms with E-state index >= 15 is 0 Å². The van der Waals surface area contributed by atoms with Crippen molar-refractivity contribution < 1.29 is 28.7 Å². The molecule has 0 aromatic heterocycles. The summed E-state index contributed by atoms with van der Waals surface area (Å²) < 4.78 is 10.9. The standard InChI is InChI=1S/C22H20ClN3O6/c1-11-5-4-6-16(12(11)2)24-18(27)10-32-19-15(23)8-13(9-17(19)31-3)7-14-20(28)25-22(30)26-21(14)29/h4-9H,10H2,1-3H3,(H,24,27)(H2,25,26,28,29,30). The lowest BCUT2D eigenvalue weighted by Gasteiger charge is -2.16. The van der Waals surface area contributed by atoms with Crippen LogP contribution in [0.1, 0.15) is 16.7 Å². The third-order valence-electron chi connectivity index (χ3n) is 4.73. The van der Waals surface area contributed by atoms with E-state index in [-0.39, 0.29) is 34.6 Å². The summed E-state index contributed by atoms with van der Waals surface area (Å²) in [5.41, 5.74) is 2.76. The quantitative estimate of drug-likeness (QED) is 0.452. The Hall–Kier alpha value is -3.85. The maximum Gasteiger partial charge on any atom is 0.328 e. The first-order valence-electron chi connectivity index (χ1n) is 9.44. The van der Waals surface area contributed by atoms with E-state index in [1.54, 1.807) is 6.07 Å². The monoisotopic (exact) mass is 457 g/mol. The number of hydrogen-bond acceptors (Lipinski definition) is 6. The number of barbiturate groups is 1. The molecule has 2 aromatic rings. The van der Waals surface area contributed by atoms with E-state index in [4.69, 9.17) is 21.1 Å². The highest BCUT2D eigenvalue weighted by molar-refractivity contribution is 6.33. The van der Waals surface area contributed by atoms with Crippen molar-refractivity contribution in [3.8, 4) is 11.5 Å². The van der Waals surface area contributed by atoms with E-state index in [9.17, 15) is 19.2 Å². The van der Waals surface area contributed by atoms with E-state index in [1.807, 2.05) is 36.6 Å². The maximum absolute atomic E-state index is 12.3. The topological polar surface area (TPSA) is 123 Å². The molecule has 5 amide bonds. The number of anilines is 1. The number of carbonyl (C=O) groups is 4. The van der Waals surface area contributed by atoms with Crippen molar-refractivity contribution >= 4 is 47.1 Å². The van der Waals surface area contributed by atoms with Gasteiger partial charge in [0, 0.05) is 5.69 Å². The molecule has 9 nitrogen and oxygen atoms in total. The molecule has 0 saturated carbocycles. The molecule has 1 fully saturated rings. The fourth-order valence-corrected chi connectivity index (χ4v) is 3.22. The smallest absolute Gasteiger partial charge is 0.328 e. The van der Waals surface area contributed by atoms with Gasteiger partial charge in [-0.1, -0.05) is 23.7 Å². The number of nitrogens with one attached hydrogen (secondary N) is 3. The van der Waals surface area contributed by atoms with Crippen LogP contribution in [-0.4, -0.2) is 37.5 Å². The molecule has 0 unspecified atom stereocenters. The zero-order valence-electron chi connectivity index (χ0n) is 17.5. The van der Waals surface area contributed by atoms with Crippen LogP contribution in [0.5, 0.6) is 11.5 Å². The summed E-state index contributed by atoms with van der Waals surface area (Å²) in [6.45, 7) is 3.53. The van der Waals surface area contributed by atoms with Gasteiger partial charge in [0.15, 0.2) is 18.1 Å². The summed E-state index contributed by atoms with van der Waals surface area (Å²) in [5, 5.41) is 6.85. The number of amides is 5. The number of rotatable bonds is 6. The van der Waals surface area contributed by atoms with Crippen LogP contribution in [0.3, 0.4) is 0 Å². The molecule has 10 heteroatoms. The van der Waals surface area contributed by atoms with Crippen molar-refractivity contribution in [2.45, 2.75) is 13.8 Å². The number of benzene rings is 2. The third kappa shape index (κ3) is 5.06. The average Bonchev–Trinajstić information content (AvgIpc) is 2.72. The van der Waals surface area contributed by atoms with Crippen LogP contribution in [0.25, 0.3) is 6.08 Å². The molecule has 2 aromatic carbocycles. The van der Waals surface area contributed by atoms with E-state index in [0.717, 1.165) is 11.1 Å². The van der Waals surface area contributed by atoms with Crippen molar-refractivity contribution in [3.63, 3.8) is 0 Å². The van der Waals surface area contributed by atoms with E-state index < -0.39 is 17.8 Å². The van der Waals surface area contributed by atoms with Gasteiger partial charge in [0.2, 0.25) is 0 Å². The van der Waals surface area contributed by atoms with Gasteiger partial charge in [-0.25, -0.2) is 4.79 Å². The predicted molar refractivity (Wildman–Crippen MR) is 118 cm³/mol. The fourth-order valence-electron chi connectivity index (χ4n) is 2.95. The highest BCUT2D eigenvalue weighted by Crippen LogP contribution is 2.37. The molecule has 3 rings (SSSR count). The highest BCUT2D eigenvalue weighted by Gasteiger charge is 2.28. The molecular weight excluding hydrogens is 438 g/mol. The highest BCUT2D eigenvalue weighted by atomic mass is 35.5. The van der Waals surface area contributed by atoms with Gasteiger partial charge >= 0.3 is 6.03 Å². The second kappa shape index (κ2) is 9.52. The van der Waals surface area contributed by atoms with Gasteiger partial charge in [0.05, 0.1) is 12.1 Å². The second-order valence-corrected chi connectivity index (χ2v) is 7.32. The zero-order valence-corrected chi connectivity index (χ0v) is 18.3. The Kier molecular flexibility index (Phi) is 6.79. The summed E-state index contributed by atoms with van der Waals surface area (Å²) in [7, 11) is 1.38. The largest absolute Gasteiger partial charge is 0.493 e. The summed E-state index contributed by atoms with van der Waals surface area (Å²) in [6, 6.07) is 7.60. The van der Waals surface area contributed by atoms with Gasteiger partial charge in [-0.3, -0.25) is 25.0 Å². The molecule has 1 saturated heterocycles. The number of hydrogen-bond donors (Lipinski definition) is 3. The molecule has 0 atom stereocenters. The molecule has 0 spiro atoms. The number of methoxy groups -OCH3 is 1. The number of imide groups is 2. The first kappa shape index (κ1) is 22.8. The molecule has 3 N–H and O–H groups in total. The second-order valence-electron chi connectivity index (χ2n) is 6.91. The van der Waals surface area contributed by atoms with Gasteiger partial charge in [0.1, 0.15) is 5.57 Å². The zero-order chi connectivity index (χ0) is 23.4. The van der Waals surface area contributed by atoms with Crippen molar-refractivity contribution in [1.29, 1.82) is 0 Å². The molecule has 0 radical (unpaired) electrons. The molecule has 32 heavy (non-hydrogen) atoms. The van der Waals surface area contributed by atoms with Crippen LogP contribution in [0, 0.1) is 13.8 Å². The SMILES string of the molecule is COc1cc(C=C2C(=O)NC(=O)NC2=O)cc(Cl)c1OCC(=O)Nc1cccc(C)c1C. The Labute approximate surface area is 188 Å². The van der Waals surface area contributed by atoms with E-state index in [2.05, 4.69) is 5.32 Å². The van der Waals surface area contributed by atoms with Crippen LogP contribution in [0.4, 0.5) is 10.5 Å². The summed E-state index contributed by atoms with van der Waals surface area (Å²) in [6.07, 6.45) is 1.25. The van der Waals surface area contributed by atoms with Crippen LogP contribution >= 0.6 is 11.6 Å². The number of carbonyl (C=O) groups excluding carboxylic acids is 4. The molecule has 1 aliphatic rings. The van der Waals surface area contributed by atoms with Gasteiger partial charge in [0.25, 0.3) is 17.7 Å². The van der Waals surface area contributed by atoms with Gasteiger partial charge < -0.3 is 14.8 Å². The Morgan fingerprint density at radius 2 is 1.81 bits per heavy atom. The number of aryl methyl sites for hydroxylation is 1. The fraction of sp³-hybridized carbons (Fsp3) is 0.182. The minimum Gasteiger partial charge on any atom is -0.493 e. The Bertz CT molecular complexity index is 1140. The van der Waals surface area contributed by atoms with Crippen LogP contribution < -0.4 is 25.4 Å². The molecule has 0 bridgehead atoms. The first-order chi connectivity index (χ1) is 15.2.